The van der Waals surface area contributed by atoms with Crippen LogP contribution in [0.2, 0.25) is 0 Å². The number of carbonyl (C=O) groups is 1. The molecule has 9 heteroatoms. The Bertz CT molecular complexity index is 920. The number of aliphatic imine (C=N–C) groups is 1. The van der Waals surface area contributed by atoms with Crippen molar-refractivity contribution in [1.82, 2.24) is 5.32 Å². The number of carbonyl (C=O) groups excluding carboxylic acids is 1. The summed E-state index contributed by atoms with van der Waals surface area (Å²) in [5.74, 6) is -0.276. The highest BCUT2D eigenvalue weighted by molar-refractivity contribution is 8.16. The molecule has 2 aliphatic heterocycles. The summed E-state index contributed by atoms with van der Waals surface area (Å²) in [5, 5.41) is 12.4. The van der Waals surface area contributed by atoms with Crippen molar-refractivity contribution in [3.8, 4) is 6.07 Å². The highest BCUT2D eigenvalue weighted by Crippen LogP contribution is 2.40. The van der Waals surface area contributed by atoms with Crippen molar-refractivity contribution in [2.45, 2.75) is 24.6 Å². The summed E-state index contributed by atoms with van der Waals surface area (Å²) in [6.45, 7) is 2.41. The van der Waals surface area contributed by atoms with Crippen LogP contribution in [0.4, 0.5) is 5.69 Å². The Morgan fingerprint density at radius 3 is 2.81 bits per heavy atom. The van der Waals surface area contributed by atoms with Crippen LogP contribution in [0, 0.1) is 11.3 Å². The minimum Gasteiger partial charge on any atom is -0.351 e. The van der Waals surface area contributed by atoms with E-state index in [0.29, 0.717) is 11.7 Å². The molecule has 2 heterocycles. The maximum Gasteiger partial charge on any atom is 0.263 e. The Morgan fingerprint density at radius 1 is 1.41 bits per heavy atom. The van der Waals surface area contributed by atoms with Crippen LogP contribution in [0.5, 0.6) is 0 Å². The van der Waals surface area contributed by atoms with E-state index in [-0.39, 0.29) is 28.4 Å². The molecule has 1 aromatic carbocycles. The third kappa shape index (κ3) is 4.34. The molecule has 1 amide bonds. The molecule has 0 radical (unpaired) electrons. The van der Waals surface area contributed by atoms with E-state index in [1.807, 2.05) is 48.2 Å². The van der Waals surface area contributed by atoms with E-state index in [4.69, 9.17) is 0 Å². The lowest BCUT2D eigenvalue weighted by molar-refractivity contribution is -0.117. The van der Waals surface area contributed by atoms with Crippen LogP contribution in [0.15, 0.2) is 47.1 Å². The van der Waals surface area contributed by atoms with Crippen molar-refractivity contribution in [1.29, 1.82) is 5.26 Å². The largest absolute Gasteiger partial charge is 0.351 e. The minimum absolute atomic E-state index is 0.0738. The first kappa shape index (κ1) is 19.5. The molecule has 1 N–H and O–H groups in total. The second-order valence-electron chi connectivity index (χ2n) is 6.33. The number of hydrogen-bond acceptors (Lipinski definition) is 6. The summed E-state index contributed by atoms with van der Waals surface area (Å²) in [7, 11) is -3.08. The number of amides is 1. The van der Waals surface area contributed by atoms with Gasteiger partial charge in [-0.05, 0) is 18.6 Å². The molecule has 2 unspecified atom stereocenters. The molecule has 142 valence electrons. The molecule has 2 aliphatic rings. The number of rotatable bonds is 5. The van der Waals surface area contributed by atoms with Gasteiger partial charge in [0.15, 0.2) is 15.0 Å². The normalized spacial score (nSPS) is 25.3. The van der Waals surface area contributed by atoms with Crippen molar-refractivity contribution in [3.05, 3.63) is 42.1 Å². The van der Waals surface area contributed by atoms with Gasteiger partial charge in [0.1, 0.15) is 11.6 Å². The van der Waals surface area contributed by atoms with E-state index in [1.165, 1.54) is 18.0 Å². The predicted molar refractivity (Wildman–Crippen MR) is 107 cm³/mol. The maximum atomic E-state index is 12.0. The van der Waals surface area contributed by atoms with Crippen LogP contribution in [0.1, 0.15) is 13.3 Å². The van der Waals surface area contributed by atoms with Gasteiger partial charge in [-0.15, -0.1) is 0 Å². The van der Waals surface area contributed by atoms with Gasteiger partial charge in [0.2, 0.25) is 0 Å². The molecule has 0 spiro atoms. The second-order valence-corrected chi connectivity index (χ2v) is 9.69. The second kappa shape index (κ2) is 8.15. The number of sulfone groups is 1. The Morgan fingerprint density at radius 2 is 2.15 bits per heavy atom. The van der Waals surface area contributed by atoms with Crippen LogP contribution in [0.25, 0.3) is 0 Å². The number of fused-ring (bicyclic) bond motifs is 1. The van der Waals surface area contributed by atoms with Gasteiger partial charge in [0.25, 0.3) is 5.91 Å². The van der Waals surface area contributed by atoms with E-state index in [9.17, 15) is 18.5 Å². The average Bonchev–Trinajstić information content (AvgIpc) is 3.12. The molecule has 27 heavy (non-hydrogen) atoms. The molecular formula is C18H20N4O3S2. The van der Waals surface area contributed by atoms with Gasteiger partial charge in [0.05, 0.1) is 23.7 Å². The first-order valence-electron chi connectivity index (χ1n) is 8.63. The quantitative estimate of drug-likeness (QED) is 0.592. The fraction of sp³-hybridized carbons (Fsp3) is 0.389. The van der Waals surface area contributed by atoms with Gasteiger partial charge >= 0.3 is 0 Å². The third-order valence-corrected chi connectivity index (χ3v) is 7.53. The summed E-state index contributed by atoms with van der Waals surface area (Å²) in [4.78, 5) is 18.3. The van der Waals surface area contributed by atoms with Gasteiger partial charge in [-0.25, -0.2) is 13.4 Å². The lowest BCUT2D eigenvalue weighted by Gasteiger charge is -2.24. The van der Waals surface area contributed by atoms with Crippen LogP contribution < -0.4 is 10.2 Å². The van der Waals surface area contributed by atoms with Gasteiger partial charge in [-0.1, -0.05) is 36.9 Å². The molecular weight excluding hydrogens is 384 g/mol. The molecule has 3 rings (SSSR count). The SMILES string of the molecule is CCCNC(=O)/C(C#N)=C/N=C1SC2CS(=O)(=O)CC2N1c1ccccc1. The van der Waals surface area contributed by atoms with E-state index in [0.717, 1.165) is 12.1 Å². The Labute approximate surface area is 163 Å². The Kier molecular flexibility index (Phi) is 5.87. The number of amidine groups is 1. The van der Waals surface area contributed by atoms with E-state index in [1.54, 1.807) is 0 Å². The van der Waals surface area contributed by atoms with Gasteiger partial charge < -0.3 is 10.2 Å². The van der Waals surface area contributed by atoms with Crippen molar-refractivity contribution >= 4 is 38.4 Å². The zero-order valence-electron chi connectivity index (χ0n) is 14.8. The summed E-state index contributed by atoms with van der Waals surface area (Å²) in [6.07, 6.45) is 2.03. The molecule has 0 saturated carbocycles. The van der Waals surface area contributed by atoms with Crippen LogP contribution in [-0.4, -0.2) is 48.8 Å². The summed E-state index contributed by atoms with van der Waals surface area (Å²) >= 11 is 1.38. The molecule has 0 aliphatic carbocycles. The fourth-order valence-electron chi connectivity index (χ4n) is 3.06. The standard InChI is InChI=1S/C18H20N4O3S2/c1-2-8-20-17(23)13(9-19)10-21-18-22(14-6-4-3-5-7-14)15-11-27(24,25)12-16(15)26-18/h3-7,10,15-16H,2,8,11-12H2,1H3,(H,20,23)/b13-10+,21-18?. The number of benzene rings is 1. The summed E-state index contributed by atoms with van der Waals surface area (Å²) in [5.41, 5.74) is 0.768. The van der Waals surface area contributed by atoms with Crippen molar-refractivity contribution in [2.75, 3.05) is 23.0 Å². The third-order valence-electron chi connectivity index (χ3n) is 4.31. The summed E-state index contributed by atoms with van der Waals surface area (Å²) in [6, 6.07) is 11.1. The van der Waals surface area contributed by atoms with E-state index in [2.05, 4.69) is 10.3 Å². The van der Waals surface area contributed by atoms with E-state index >= 15 is 0 Å². The van der Waals surface area contributed by atoms with Gasteiger partial charge in [-0.2, -0.15) is 5.26 Å². The molecule has 2 fully saturated rings. The minimum atomic E-state index is -3.08. The molecule has 2 atom stereocenters. The van der Waals surface area contributed by atoms with Crippen LogP contribution in [-0.2, 0) is 14.6 Å². The predicted octanol–water partition coefficient (Wildman–Crippen LogP) is 1.70. The molecule has 7 nitrogen and oxygen atoms in total. The first-order chi connectivity index (χ1) is 12.9. The van der Waals surface area contributed by atoms with Crippen molar-refractivity contribution in [3.63, 3.8) is 0 Å². The zero-order chi connectivity index (χ0) is 19.4. The number of nitrogens with one attached hydrogen (secondary N) is 1. The Balaban J connectivity index is 1.92. The number of anilines is 1. The van der Waals surface area contributed by atoms with Crippen LogP contribution >= 0.6 is 11.8 Å². The first-order valence-corrected chi connectivity index (χ1v) is 11.3. The monoisotopic (exact) mass is 404 g/mol. The highest BCUT2D eigenvalue weighted by Gasteiger charge is 2.49. The molecule has 0 aromatic heterocycles. The van der Waals surface area contributed by atoms with Crippen molar-refractivity contribution in [2.24, 2.45) is 4.99 Å². The van der Waals surface area contributed by atoms with Crippen molar-refractivity contribution < 1.29 is 13.2 Å². The lowest BCUT2D eigenvalue weighted by atomic mass is 10.2. The molecule has 2 saturated heterocycles. The maximum absolute atomic E-state index is 12.0. The lowest BCUT2D eigenvalue weighted by Crippen LogP contribution is -2.37. The topological polar surface area (TPSA) is 103 Å². The van der Waals surface area contributed by atoms with Crippen LogP contribution in [0.3, 0.4) is 0 Å². The number of nitrogens with zero attached hydrogens (tertiary/aromatic N) is 3. The highest BCUT2D eigenvalue weighted by atomic mass is 32.2. The van der Waals surface area contributed by atoms with Gasteiger partial charge in [-0.3, -0.25) is 4.79 Å². The summed E-state index contributed by atoms with van der Waals surface area (Å²) < 4.78 is 24.1. The average molecular weight is 405 g/mol. The number of nitriles is 1. The van der Waals surface area contributed by atoms with Gasteiger partial charge in [0, 0.05) is 17.5 Å². The molecule has 1 aromatic rings. The number of thioether (sulfide) groups is 1. The smallest absolute Gasteiger partial charge is 0.263 e. The Hall–Kier alpha value is -2.31. The number of hydrogen-bond donors (Lipinski definition) is 1. The number of para-hydroxylation sites is 1. The fourth-order valence-corrected chi connectivity index (χ4v) is 6.95. The molecule has 0 bridgehead atoms. The zero-order valence-corrected chi connectivity index (χ0v) is 16.5. The van der Waals surface area contributed by atoms with E-state index < -0.39 is 15.7 Å².